The summed E-state index contributed by atoms with van der Waals surface area (Å²) in [6.45, 7) is 2.18. The van der Waals surface area contributed by atoms with E-state index in [-0.39, 0.29) is 17.0 Å². The molecule has 10 nitrogen and oxygen atoms in total. The van der Waals surface area contributed by atoms with Crippen molar-refractivity contribution in [2.24, 2.45) is 5.10 Å². The number of phenols is 1. The number of nitrogens with zero attached hydrogens (tertiary/aromatic N) is 7. The lowest BCUT2D eigenvalue weighted by molar-refractivity contribution is -0.384. The Bertz CT molecular complexity index is 986. The lowest BCUT2D eigenvalue weighted by atomic mass is 10.2. The van der Waals surface area contributed by atoms with E-state index < -0.39 is 4.92 Å². The Kier molecular flexibility index (Phi) is 6.87. The SMILES string of the molecule is CCCCSCCSc1nnc2n(/N=C\c3cc([N+](=O)[O-])ccc3O)ncn12. The molecule has 0 aliphatic rings. The predicted octanol–water partition coefficient (Wildman–Crippen LogP) is 3.05. The zero-order valence-corrected chi connectivity index (χ0v) is 16.8. The molecule has 0 saturated carbocycles. The molecule has 3 rings (SSSR count). The molecule has 0 saturated heterocycles. The number of phenolic OH excluding ortho intramolecular Hbond substituents is 1. The van der Waals surface area contributed by atoms with Gasteiger partial charge in [-0.05, 0) is 18.2 Å². The number of hydrogen-bond donors (Lipinski definition) is 1. The van der Waals surface area contributed by atoms with Crippen molar-refractivity contribution in [1.29, 1.82) is 0 Å². The van der Waals surface area contributed by atoms with Gasteiger partial charge in [0.1, 0.15) is 12.1 Å². The van der Waals surface area contributed by atoms with Crippen LogP contribution in [0.15, 0.2) is 34.8 Å². The van der Waals surface area contributed by atoms with E-state index in [0.29, 0.717) is 5.78 Å². The first-order valence-corrected chi connectivity index (χ1v) is 10.7. The van der Waals surface area contributed by atoms with Crippen LogP contribution < -0.4 is 0 Å². The molecule has 0 bridgehead atoms. The quantitative estimate of drug-likeness (QED) is 0.174. The van der Waals surface area contributed by atoms with Gasteiger partial charge >= 0.3 is 0 Å². The minimum absolute atomic E-state index is 0.115. The lowest BCUT2D eigenvalue weighted by Crippen LogP contribution is -1.95. The van der Waals surface area contributed by atoms with Crippen LogP contribution in [0, 0.1) is 10.1 Å². The summed E-state index contributed by atoms with van der Waals surface area (Å²) in [4.78, 5) is 11.6. The molecule has 0 aliphatic carbocycles. The first-order chi connectivity index (χ1) is 13.6. The van der Waals surface area contributed by atoms with Gasteiger partial charge < -0.3 is 5.11 Å². The topological polar surface area (TPSA) is 124 Å². The highest BCUT2D eigenvalue weighted by Crippen LogP contribution is 2.22. The van der Waals surface area contributed by atoms with Crippen LogP contribution in [0.3, 0.4) is 0 Å². The van der Waals surface area contributed by atoms with Crippen molar-refractivity contribution in [2.45, 2.75) is 24.9 Å². The predicted molar refractivity (Wildman–Crippen MR) is 109 cm³/mol. The fourth-order valence-corrected chi connectivity index (χ4v) is 4.31. The fourth-order valence-electron chi connectivity index (χ4n) is 2.25. The Hall–Kier alpha value is -2.60. The summed E-state index contributed by atoms with van der Waals surface area (Å²) in [7, 11) is 0. The van der Waals surface area contributed by atoms with Crippen LogP contribution >= 0.6 is 23.5 Å². The van der Waals surface area contributed by atoms with E-state index in [2.05, 4.69) is 27.3 Å². The van der Waals surface area contributed by atoms with E-state index in [1.807, 2.05) is 11.8 Å². The molecule has 1 aromatic carbocycles. The van der Waals surface area contributed by atoms with Crippen molar-refractivity contribution in [1.82, 2.24) is 24.5 Å². The average Bonchev–Trinajstić information content (AvgIpc) is 3.26. The first kappa shape index (κ1) is 20.1. The highest BCUT2D eigenvalue weighted by Gasteiger charge is 2.12. The highest BCUT2D eigenvalue weighted by atomic mass is 32.2. The summed E-state index contributed by atoms with van der Waals surface area (Å²) in [5.74, 6) is 3.44. The molecule has 3 aromatic rings. The van der Waals surface area contributed by atoms with Gasteiger partial charge in [-0.3, -0.25) is 10.1 Å². The van der Waals surface area contributed by atoms with Gasteiger partial charge in [0.25, 0.3) is 11.5 Å². The number of benzene rings is 1. The molecule has 148 valence electrons. The monoisotopic (exact) mass is 421 g/mol. The highest BCUT2D eigenvalue weighted by molar-refractivity contribution is 8.02. The third-order valence-corrected chi connectivity index (χ3v) is 6.00. The van der Waals surface area contributed by atoms with Gasteiger partial charge in [0.05, 0.1) is 11.1 Å². The second kappa shape index (κ2) is 9.55. The summed E-state index contributed by atoms with van der Waals surface area (Å²) in [6, 6.07) is 3.71. The second-order valence-corrected chi connectivity index (χ2v) is 8.02. The smallest absolute Gasteiger partial charge is 0.276 e. The van der Waals surface area contributed by atoms with Crippen molar-refractivity contribution in [3.8, 4) is 5.75 Å². The van der Waals surface area contributed by atoms with Crippen LogP contribution in [-0.2, 0) is 0 Å². The lowest BCUT2D eigenvalue weighted by Gasteiger charge is -1.99. The zero-order valence-electron chi connectivity index (χ0n) is 15.1. The van der Waals surface area contributed by atoms with E-state index in [4.69, 9.17) is 0 Å². The molecule has 0 unspecified atom stereocenters. The number of fused-ring (bicyclic) bond motifs is 1. The van der Waals surface area contributed by atoms with Gasteiger partial charge in [-0.2, -0.15) is 16.9 Å². The maximum Gasteiger partial charge on any atom is 0.276 e. The molecule has 0 fully saturated rings. The van der Waals surface area contributed by atoms with Crippen LogP contribution in [0.4, 0.5) is 5.69 Å². The standard InChI is InChI=1S/C16H19N7O3S2/c1-2-3-6-27-7-8-28-16-20-19-15-21(16)11-18-22(15)17-10-12-9-13(23(25)26)4-5-14(12)24/h4-5,9-11,24H,2-3,6-8H2,1H3/b17-10-. The van der Waals surface area contributed by atoms with Crippen molar-refractivity contribution >= 4 is 41.2 Å². The number of aromatic hydroxyl groups is 1. The summed E-state index contributed by atoms with van der Waals surface area (Å²) < 4.78 is 1.73. The second-order valence-electron chi connectivity index (χ2n) is 5.73. The van der Waals surface area contributed by atoms with Gasteiger partial charge in [-0.1, -0.05) is 25.1 Å². The maximum atomic E-state index is 10.9. The number of non-ortho nitro benzene ring substituents is 1. The zero-order chi connectivity index (χ0) is 19.9. The molecular weight excluding hydrogens is 402 g/mol. The summed E-state index contributed by atoms with van der Waals surface area (Å²) in [5, 5.41) is 38.0. The summed E-state index contributed by atoms with van der Waals surface area (Å²) in [5.41, 5.74) is 0.0731. The van der Waals surface area contributed by atoms with Crippen molar-refractivity contribution in [3.63, 3.8) is 0 Å². The van der Waals surface area contributed by atoms with Gasteiger partial charge in [-0.15, -0.1) is 20.1 Å². The number of rotatable bonds is 10. The molecule has 1 N–H and O–H groups in total. The van der Waals surface area contributed by atoms with Crippen molar-refractivity contribution in [3.05, 3.63) is 40.2 Å². The largest absolute Gasteiger partial charge is 0.507 e. The van der Waals surface area contributed by atoms with Crippen LogP contribution in [0.25, 0.3) is 5.78 Å². The van der Waals surface area contributed by atoms with Gasteiger partial charge in [-0.25, -0.2) is 4.40 Å². The number of nitro benzene ring substituents is 1. The molecule has 0 aliphatic heterocycles. The number of hydrogen-bond acceptors (Lipinski definition) is 9. The van der Waals surface area contributed by atoms with Gasteiger partial charge in [0.15, 0.2) is 5.16 Å². The Morgan fingerprint density at radius 3 is 2.96 bits per heavy atom. The Morgan fingerprint density at radius 1 is 1.32 bits per heavy atom. The van der Waals surface area contributed by atoms with E-state index in [1.54, 1.807) is 22.5 Å². The molecule has 0 atom stereocenters. The van der Waals surface area contributed by atoms with Gasteiger partial charge in [0, 0.05) is 29.2 Å². The molecule has 2 heterocycles. The number of unbranched alkanes of at least 4 members (excludes halogenated alkanes) is 1. The van der Waals surface area contributed by atoms with Crippen LogP contribution in [0.1, 0.15) is 25.3 Å². The number of aromatic nitrogens is 5. The first-order valence-electron chi connectivity index (χ1n) is 8.61. The number of nitro groups is 1. The fraction of sp³-hybridized carbons (Fsp3) is 0.375. The molecular formula is C16H19N7O3S2. The third kappa shape index (κ3) is 4.81. The Balaban J connectivity index is 1.68. The number of thioether (sulfide) groups is 2. The van der Waals surface area contributed by atoms with E-state index in [1.165, 1.54) is 47.8 Å². The average molecular weight is 422 g/mol. The molecule has 28 heavy (non-hydrogen) atoms. The minimum Gasteiger partial charge on any atom is -0.507 e. The molecule has 0 radical (unpaired) electrons. The summed E-state index contributed by atoms with van der Waals surface area (Å²) in [6.07, 6.45) is 5.29. The Labute approximate surface area is 169 Å². The normalized spacial score (nSPS) is 11.6. The molecule has 12 heteroatoms. The van der Waals surface area contributed by atoms with Crippen LogP contribution in [0.5, 0.6) is 5.75 Å². The van der Waals surface area contributed by atoms with E-state index in [0.717, 1.165) is 16.7 Å². The van der Waals surface area contributed by atoms with Crippen molar-refractivity contribution in [2.75, 3.05) is 17.3 Å². The maximum absolute atomic E-state index is 10.9. The Morgan fingerprint density at radius 2 is 2.18 bits per heavy atom. The summed E-state index contributed by atoms with van der Waals surface area (Å²) >= 11 is 3.52. The van der Waals surface area contributed by atoms with Crippen LogP contribution in [-0.4, -0.2) is 58.0 Å². The van der Waals surface area contributed by atoms with E-state index >= 15 is 0 Å². The van der Waals surface area contributed by atoms with Gasteiger partial charge in [0.2, 0.25) is 0 Å². The van der Waals surface area contributed by atoms with Crippen molar-refractivity contribution < 1.29 is 10.0 Å². The molecule has 0 amide bonds. The molecule has 2 aromatic heterocycles. The van der Waals surface area contributed by atoms with E-state index in [9.17, 15) is 15.2 Å². The third-order valence-electron chi connectivity index (χ3n) is 3.73. The minimum atomic E-state index is -0.536. The molecule has 0 spiro atoms. The van der Waals surface area contributed by atoms with Crippen LogP contribution in [0.2, 0.25) is 0 Å².